The topological polar surface area (TPSA) is 73.6 Å². The van der Waals surface area contributed by atoms with Crippen molar-refractivity contribution in [1.82, 2.24) is 0 Å². The first-order valence-electron chi connectivity index (χ1n) is 4.53. The molecule has 5 nitrogen and oxygen atoms in total. The highest BCUT2D eigenvalue weighted by atomic mass is 35.5. The van der Waals surface area contributed by atoms with Crippen molar-refractivity contribution in [2.45, 2.75) is 0 Å². The molecule has 6 heteroatoms. The second kappa shape index (κ2) is 5.58. The number of hydrogen-bond acceptors (Lipinski definition) is 4. The summed E-state index contributed by atoms with van der Waals surface area (Å²) in [7, 11) is 2.99. The van der Waals surface area contributed by atoms with E-state index in [4.69, 9.17) is 26.8 Å². The molecule has 0 unspecified atom stereocenters. The van der Waals surface area contributed by atoms with Crippen LogP contribution < -0.4 is 20.5 Å². The van der Waals surface area contributed by atoms with Gasteiger partial charge in [0.2, 0.25) is 5.91 Å². The van der Waals surface area contributed by atoms with E-state index in [1.165, 1.54) is 14.2 Å². The Morgan fingerprint density at radius 2 is 2.00 bits per heavy atom. The van der Waals surface area contributed by atoms with Crippen molar-refractivity contribution < 1.29 is 14.3 Å². The molecule has 0 aliphatic carbocycles. The minimum Gasteiger partial charge on any atom is -0.495 e. The van der Waals surface area contributed by atoms with Gasteiger partial charge in [-0.25, -0.2) is 0 Å². The first-order valence-corrected chi connectivity index (χ1v) is 4.91. The molecule has 0 saturated carbocycles. The number of ether oxygens (including phenoxy) is 2. The minimum absolute atomic E-state index is 0.104. The summed E-state index contributed by atoms with van der Waals surface area (Å²) in [5.41, 5.74) is 5.66. The molecule has 0 atom stereocenters. The molecule has 0 bridgehead atoms. The smallest absolute Gasteiger partial charge is 0.238 e. The molecule has 0 heterocycles. The fraction of sp³-hybridized carbons (Fsp3) is 0.300. The van der Waals surface area contributed by atoms with Gasteiger partial charge in [0.1, 0.15) is 11.5 Å². The predicted octanol–water partition coefficient (Wildman–Crippen LogP) is 1.25. The first-order chi connectivity index (χ1) is 7.62. The largest absolute Gasteiger partial charge is 0.495 e. The van der Waals surface area contributed by atoms with Gasteiger partial charge in [-0.1, -0.05) is 11.6 Å². The number of halogens is 1. The number of hydrogen-bond donors (Lipinski definition) is 2. The Morgan fingerprint density at radius 3 is 2.50 bits per heavy atom. The average Bonchev–Trinajstić information content (AvgIpc) is 2.29. The highest BCUT2D eigenvalue weighted by Crippen LogP contribution is 2.35. The van der Waals surface area contributed by atoms with Crippen LogP contribution in [0.15, 0.2) is 12.1 Å². The quantitative estimate of drug-likeness (QED) is 0.836. The lowest BCUT2D eigenvalue weighted by atomic mass is 10.2. The summed E-state index contributed by atoms with van der Waals surface area (Å²) in [5, 5.41) is 2.96. The molecule has 0 radical (unpaired) electrons. The van der Waals surface area contributed by atoms with Crippen LogP contribution >= 0.6 is 11.6 Å². The summed E-state index contributed by atoms with van der Waals surface area (Å²) in [5.74, 6) is 0.617. The number of methoxy groups -OCH3 is 2. The zero-order valence-electron chi connectivity index (χ0n) is 9.04. The minimum atomic E-state index is -0.320. The summed E-state index contributed by atoms with van der Waals surface area (Å²) in [6.45, 7) is -0.104. The van der Waals surface area contributed by atoms with Crippen LogP contribution in [0.3, 0.4) is 0 Å². The van der Waals surface area contributed by atoms with Gasteiger partial charge in [-0.2, -0.15) is 0 Å². The molecule has 1 aromatic carbocycles. The summed E-state index contributed by atoms with van der Waals surface area (Å²) in [6, 6.07) is 3.14. The Kier molecular flexibility index (Phi) is 4.39. The Labute approximate surface area is 98.5 Å². The van der Waals surface area contributed by atoms with Crippen LogP contribution in [0.2, 0.25) is 5.02 Å². The molecule has 0 fully saturated rings. The number of nitrogens with one attached hydrogen (secondary N) is 1. The predicted molar refractivity (Wildman–Crippen MR) is 62.2 cm³/mol. The van der Waals surface area contributed by atoms with E-state index >= 15 is 0 Å². The second-order valence-corrected chi connectivity index (χ2v) is 3.35. The maximum absolute atomic E-state index is 11.1. The molecule has 3 N–H and O–H groups in total. The number of nitrogens with two attached hydrogens (primary N) is 1. The van der Waals surface area contributed by atoms with E-state index in [2.05, 4.69) is 5.32 Å². The van der Waals surface area contributed by atoms with Crippen molar-refractivity contribution in [1.29, 1.82) is 0 Å². The molecular formula is C10H13ClN2O3. The fourth-order valence-electron chi connectivity index (χ4n) is 1.16. The molecule has 0 aliphatic rings. The Hall–Kier alpha value is -1.46. The highest BCUT2D eigenvalue weighted by molar-refractivity contribution is 6.32. The van der Waals surface area contributed by atoms with Gasteiger partial charge >= 0.3 is 0 Å². The number of anilines is 1. The van der Waals surface area contributed by atoms with E-state index in [1.807, 2.05) is 0 Å². The molecule has 16 heavy (non-hydrogen) atoms. The first kappa shape index (κ1) is 12.6. The van der Waals surface area contributed by atoms with Crippen molar-refractivity contribution in [3.05, 3.63) is 17.2 Å². The zero-order chi connectivity index (χ0) is 12.1. The molecule has 1 aromatic rings. The van der Waals surface area contributed by atoms with Crippen molar-refractivity contribution in [3.63, 3.8) is 0 Å². The average molecular weight is 245 g/mol. The lowest BCUT2D eigenvalue weighted by Gasteiger charge is -2.12. The summed E-state index contributed by atoms with van der Waals surface area (Å²) < 4.78 is 10.1. The SMILES string of the molecule is COc1cc(OC)c(NC(=O)CN)cc1Cl. The number of carbonyl (C=O) groups excluding carboxylic acids is 1. The fourth-order valence-corrected chi connectivity index (χ4v) is 1.40. The van der Waals surface area contributed by atoms with E-state index in [-0.39, 0.29) is 12.5 Å². The Balaban J connectivity index is 3.08. The molecule has 0 spiro atoms. The van der Waals surface area contributed by atoms with Crippen LogP contribution in [0.5, 0.6) is 11.5 Å². The number of benzene rings is 1. The Morgan fingerprint density at radius 1 is 1.38 bits per heavy atom. The monoisotopic (exact) mass is 244 g/mol. The Bertz CT molecular complexity index is 396. The summed E-state index contributed by atoms with van der Waals surface area (Å²) >= 11 is 5.92. The molecule has 0 aliphatic heterocycles. The van der Waals surface area contributed by atoms with Crippen molar-refractivity contribution >= 4 is 23.2 Å². The third kappa shape index (κ3) is 2.77. The van der Waals surface area contributed by atoms with Crippen LogP contribution in [0.25, 0.3) is 0 Å². The van der Waals surface area contributed by atoms with Gasteiger partial charge in [-0.05, 0) is 6.07 Å². The van der Waals surface area contributed by atoms with Crippen LogP contribution in [0, 0.1) is 0 Å². The van der Waals surface area contributed by atoms with Gasteiger partial charge in [-0.15, -0.1) is 0 Å². The number of carbonyl (C=O) groups is 1. The molecular weight excluding hydrogens is 232 g/mol. The van der Waals surface area contributed by atoms with Crippen LogP contribution in [0.4, 0.5) is 5.69 Å². The van der Waals surface area contributed by atoms with E-state index in [0.29, 0.717) is 22.2 Å². The van der Waals surface area contributed by atoms with E-state index in [9.17, 15) is 4.79 Å². The number of amides is 1. The van der Waals surface area contributed by atoms with Crippen LogP contribution in [-0.2, 0) is 4.79 Å². The summed E-state index contributed by atoms with van der Waals surface area (Å²) in [6.07, 6.45) is 0. The molecule has 88 valence electrons. The van der Waals surface area contributed by atoms with Crippen molar-refractivity contribution in [3.8, 4) is 11.5 Å². The maximum Gasteiger partial charge on any atom is 0.238 e. The third-order valence-corrected chi connectivity index (χ3v) is 2.23. The van der Waals surface area contributed by atoms with Crippen LogP contribution in [-0.4, -0.2) is 26.7 Å². The second-order valence-electron chi connectivity index (χ2n) is 2.94. The lowest BCUT2D eigenvalue weighted by molar-refractivity contribution is -0.114. The molecule has 0 saturated heterocycles. The normalized spacial score (nSPS) is 9.75. The maximum atomic E-state index is 11.1. The standard InChI is InChI=1S/C10H13ClN2O3/c1-15-8-4-9(16-2)7(3-6(8)11)13-10(14)5-12/h3-4H,5,12H2,1-2H3,(H,13,14). The zero-order valence-corrected chi connectivity index (χ0v) is 9.80. The highest BCUT2D eigenvalue weighted by Gasteiger charge is 2.11. The van der Waals surface area contributed by atoms with E-state index < -0.39 is 0 Å². The molecule has 0 aromatic heterocycles. The molecule has 1 rings (SSSR count). The molecule has 1 amide bonds. The third-order valence-electron chi connectivity index (χ3n) is 1.93. The van der Waals surface area contributed by atoms with Gasteiger partial charge < -0.3 is 20.5 Å². The van der Waals surface area contributed by atoms with Crippen molar-refractivity contribution in [2.75, 3.05) is 26.1 Å². The van der Waals surface area contributed by atoms with Gasteiger partial charge in [-0.3, -0.25) is 4.79 Å². The van der Waals surface area contributed by atoms with Gasteiger partial charge in [0.25, 0.3) is 0 Å². The van der Waals surface area contributed by atoms with Crippen molar-refractivity contribution in [2.24, 2.45) is 5.73 Å². The van der Waals surface area contributed by atoms with E-state index in [0.717, 1.165) is 0 Å². The van der Waals surface area contributed by atoms with Gasteiger partial charge in [0.05, 0.1) is 31.5 Å². The number of rotatable bonds is 4. The van der Waals surface area contributed by atoms with Gasteiger partial charge in [0, 0.05) is 6.07 Å². The van der Waals surface area contributed by atoms with Crippen LogP contribution in [0.1, 0.15) is 0 Å². The van der Waals surface area contributed by atoms with E-state index in [1.54, 1.807) is 12.1 Å². The summed E-state index contributed by atoms with van der Waals surface area (Å²) in [4.78, 5) is 11.1. The lowest BCUT2D eigenvalue weighted by Crippen LogP contribution is -2.22. The van der Waals surface area contributed by atoms with Gasteiger partial charge in [0.15, 0.2) is 0 Å².